The van der Waals surface area contributed by atoms with Gasteiger partial charge in [0.2, 0.25) is 0 Å². The number of carbonyl (C=O) groups is 4. The maximum atomic E-state index is 13.0. The lowest BCUT2D eigenvalue weighted by molar-refractivity contribution is -0.301. The standard InChI is InChI=1S/C55H100O12/c1-4-7-10-13-16-19-20-21-22-23-24-25-26-27-28-31-34-37-40-43-49(58)66-53-51(60)50(59)52(54(61)62)67-55(53)64-45-46(65-48(57)42-39-36-33-30-18-15-12-9-6-3)44-63-47(56)41-38-35-32-29-17-14-11-8-5-2/h21-22,46,50-53,55,59-60H,4-20,23-45H2,1-3H3,(H,61,62)/b22-21-. The number of allylic oxidation sites excluding steroid dienone is 2. The van der Waals surface area contributed by atoms with Gasteiger partial charge in [0, 0.05) is 19.3 Å². The summed E-state index contributed by atoms with van der Waals surface area (Å²) >= 11 is 0. The molecule has 6 atom stereocenters. The van der Waals surface area contributed by atoms with Crippen molar-refractivity contribution in [3.8, 4) is 0 Å². The summed E-state index contributed by atoms with van der Waals surface area (Å²) in [5.74, 6) is -3.10. The first kappa shape index (κ1) is 62.5. The van der Waals surface area contributed by atoms with E-state index >= 15 is 0 Å². The number of aliphatic hydroxyl groups is 2. The molecule has 0 bridgehead atoms. The topological polar surface area (TPSA) is 175 Å². The number of carboxylic acid groups (broad SMARTS) is 1. The van der Waals surface area contributed by atoms with Crippen molar-refractivity contribution in [1.82, 2.24) is 0 Å². The number of aliphatic hydroxyl groups excluding tert-OH is 2. The van der Waals surface area contributed by atoms with Gasteiger partial charge in [0.25, 0.3) is 0 Å². The van der Waals surface area contributed by atoms with Crippen molar-refractivity contribution in [3.63, 3.8) is 0 Å². The Morgan fingerprint density at radius 1 is 0.478 bits per heavy atom. The van der Waals surface area contributed by atoms with Gasteiger partial charge in [-0.2, -0.15) is 0 Å². The molecule has 0 aromatic rings. The third kappa shape index (κ3) is 35.3. The van der Waals surface area contributed by atoms with Crippen molar-refractivity contribution in [3.05, 3.63) is 12.2 Å². The number of aliphatic carboxylic acids is 1. The van der Waals surface area contributed by atoms with Crippen molar-refractivity contribution < 1.29 is 58.2 Å². The van der Waals surface area contributed by atoms with Crippen LogP contribution in [0.4, 0.5) is 0 Å². The van der Waals surface area contributed by atoms with Crippen molar-refractivity contribution >= 4 is 23.9 Å². The number of ether oxygens (including phenoxy) is 5. The van der Waals surface area contributed by atoms with E-state index in [0.29, 0.717) is 19.3 Å². The molecule has 392 valence electrons. The second-order valence-electron chi connectivity index (χ2n) is 19.2. The molecule has 1 aliphatic heterocycles. The molecule has 12 nitrogen and oxygen atoms in total. The summed E-state index contributed by atoms with van der Waals surface area (Å²) in [6.07, 6.45) is 35.0. The molecular formula is C55H100O12. The highest BCUT2D eigenvalue weighted by Crippen LogP contribution is 2.26. The van der Waals surface area contributed by atoms with Crippen LogP contribution in [0.2, 0.25) is 0 Å². The zero-order valence-corrected chi connectivity index (χ0v) is 42.9. The van der Waals surface area contributed by atoms with Gasteiger partial charge >= 0.3 is 23.9 Å². The molecule has 67 heavy (non-hydrogen) atoms. The van der Waals surface area contributed by atoms with E-state index in [0.717, 1.165) is 70.6 Å². The zero-order valence-electron chi connectivity index (χ0n) is 42.9. The summed E-state index contributed by atoms with van der Waals surface area (Å²) < 4.78 is 28.3. The maximum absolute atomic E-state index is 13.0. The van der Waals surface area contributed by atoms with E-state index in [9.17, 15) is 34.5 Å². The quantitative estimate of drug-likeness (QED) is 0.0228. The van der Waals surface area contributed by atoms with Crippen molar-refractivity contribution in [2.45, 2.75) is 302 Å². The van der Waals surface area contributed by atoms with E-state index < -0.39 is 67.3 Å². The highest BCUT2D eigenvalue weighted by molar-refractivity contribution is 5.74. The first-order valence-corrected chi connectivity index (χ1v) is 27.7. The number of hydrogen-bond donors (Lipinski definition) is 3. The lowest BCUT2D eigenvalue weighted by atomic mass is 9.98. The minimum atomic E-state index is -1.89. The van der Waals surface area contributed by atoms with Gasteiger partial charge in [0.1, 0.15) is 18.8 Å². The van der Waals surface area contributed by atoms with Crippen LogP contribution in [0.5, 0.6) is 0 Å². The second-order valence-corrected chi connectivity index (χ2v) is 19.2. The Morgan fingerprint density at radius 2 is 0.851 bits per heavy atom. The van der Waals surface area contributed by atoms with E-state index in [1.807, 2.05) is 0 Å². The Balaban J connectivity index is 2.62. The largest absolute Gasteiger partial charge is 0.479 e. The lowest BCUT2D eigenvalue weighted by Gasteiger charge is -2.40. The molecule has 3 N–H and O–H groups in total. The fraction of sp³-hybridized carbons (Fsp3) is 0.891. The summed E-state index contributed by atoms with van der Waals surface area (Å²) in [7, 11) is 0. The molecule has 0 aliphatic carbocycles. The molecule has 0 aromatic heterocycles. The Hall–Kier alpha value is -2.54. The Labute approximate surface area is 407 Å². The van der Waals surface area contributed by atoms with Gasteiger partial charge in [0.05, 0.1) is 6.61 Å². The Morgan fingerprint density at radius 3 is 1.27 bits per heavy atom. The molecule has 0 amide bonds. The lowest BCUT2D eigenvalue weighted by Crippen LogP contribution is -2.61. The van der Waals surface area contributed by atoms with E-state index in [1.165, 1.54) is 135 Å². The number of rotatable bonds is 47. The summed E-state index contributed by atoms with van der Waals surface area (Å²) in [5, 5.41) is 31.3. The first-order chi connectivity index (χ1) is 32.6. The minimum absolute atomic E-state index is 0.0643. The minimum Gasteiger partial charge on any atom is -0.479 e. The molecule has 0 spiro atoms. The second kappa shape index (κ2) is 44.7. The highest BCUT2D eigenvalue weighted by Gasteiger charge is 2.50. The van der Waals surface area contributed by atoms with Gasteiger partial charge in [-0.05, 0) is 44.9 Å². The van der Waals surface area contributed by atoms with Crippen LogP contribution >= 0.6 is 0 Å². The van der Waals surface area contributed by atoms with E-state index in [1.54, 1.807) is 0 Å². The normalized spacial score (nSPS) is 18.9. The smallest absolute Gasteiger partial charge is 0.335 e. The zero-order chi connectivity index (χ0) is 49.0. The molecular weight excluding hydrogens is 853 g/mol. The molecule has 0 saturated carbocycles. The van der Waals surface area contributed by atoms with Crippen molar-refractivity contribution in [2.24, 2.45) is 0 Å². The predicted molar refractivity (Wildman–Crippen MR) is 267 cm³/mol. The van der Waals surface area contributed by atoms with Gasteiger partial charge in [-0.15, -0.1) is 0 Å². The van der Waals surface area contributed by atoms with Crippen LogP contribution in [0.3, 0.4) is 0 Å². The van der Waals surface area contributed by atoms with Gasteiger partial charge in [-0.3, -0.25) is 14.4 Å². The van der Waals surface area contributed by atoms with Gasteiger partial charge in [0.15, 0.2) is 24.6 Å². The molecule has 0 aromatic carbocycles. The molecule has 1 fully saturated rings. The Bertz CT molecular complexity index is 1230. The van der Waals surface area contributed by atoms with Crippen LogP contribution < -0.4 is 0 Å². The van der Waals surface area contributed by atoms with Crippen LogP contribution in [0, 0.1) is 0 Å². The van der Waals surface area contributed by atoms with Crippen LogP contribution in [0.15, 0.2) is 12.2 Å². The summed E-state index contributed by atoms with van der Waals surface area (Å²) in [6.45, 7) is 5.94. The SMILES string of the molecule is CCCCCCCC/C=C\CCCCCCCCCCCC(=O)OC1C(OCC(COC(=O)CCCCCCCCCCC)OC(=O)CCCCCCCCCCC)OC(C(=O)O)C(O)C1O. The average Bonchev–Trinajstić information content (AvgIpc) is 3.31. The maximum Gasteiger partial charge on any atom is 0.335 e. The summed E-state index contributed by atoms with van der Waals surface area (Å²) in [5.41, 5.74) is 0. The molecule has 0 radical (unpaired) electrons. The van der Waals surface area contributed by atoms with Gasteiger partial charge < -0.3 is 39.0 Å². The van der Waals surface area contributed by atoms with Crippen LogP contribution in [-0.4, -0.2) is 89.2 Å². The molecule has 1 saturated heterocycles. The number of unbranched alkanes of at least 4 members (excludes halogenated alkanes) is 31. The fourth-order valence-corrected chi connectivity index (χ4v) is 8.54. The van der Waals surface area contributed by atoms with E-state index in [2.05, 4.69) is 32.9 Å². The average molecular weight is 953 g/mol. The third-order valence-electron chi connectivity index (χ3n) is 12.8. The number of carboxylic acids is 1. The van der Waals surface area contributed by atoms with Gasteiger partial charge in [-0.1, -0.05) is 213 Å². The number of esters is 3. The summed E-state index contributed by atoms with van der Waals surface area (Å²) in [6, 6.07) is 0. The Kier molecular flexibility index (Phi) is 41.6. The van der Waals surface area contributed by atoms with Crippen molar-refractivity contribution in [1.29, 1.82) is 0 Å². The third-order valence-corrected chi connectivity index (χ3v) is 12.8. The monoisotopic (exact) mass is 953 g/mol. The predicted octanol–water partition coefficient (Wildman–Crippen LogP) is 13.3. The summed E-state index contributed by atoms with van der Waals surface area (Å²) in [4.78, 5) is 50.7. The highest BCUT2D eigenvalue weighted by atomic mass is 16.7. The molecule has 1 heterocycles. The fourth-order valence-electron chi connectivity index (χ4n) is 8.54. The first-order valence-electron chi connectivity index (χ1n) is 27.7. The van der Waals surface area contributed by atoms with Crippen LogP contribution in [0.25, 0.3) is 0 Å². The number of hydrogen-bond acceptors (Lipinski definition) is 11. The molecule has 1 aliphatic rings. The van der Waals surface area contributed by atoms with Crippen LogP contribution in [0.1, 0.15) is 265 Å². The van der Waals surface area contributed by atoms with Crippen LogP contribution in [-0.2, 0) is 42.9 Å². The van der Waals surface area contributed by atoms with E-state index in [-0.39, 0.29) is 25.9 Å². The molecule has 12 heteroatoms. The van der Waals surface area contributed by atoms with Gasteiger partial charge in [-0.25, -0.2) is 4.79 Å². The molecule has 1 rings (SSSR count). The van der Waals surface area contributed by atoms with Crippen molar-refractivity contribution in [2.75, 3.05) is 13.2 Å². The van der Waals surface area contributed by atoms with E-state index in [4.69, 9.17) is 23.7 Å². The number of carbonyl (C=O) groups excluding carboxylic acids is 3. The molecule has 6 unspecified atom stereocenters.